The van der Waals surface area contributed by atoms with Crippen LogP contribution >= 0.6 is 91.5 Å². The highest BCUT2D eigenvalue weighted by Crippen LogP contribution is 2.60. The van der Waals surface area contributed by atoms with E-state index in [-0.39, 0.29) is 11.6 Å². The number of aryl methyl sites for hydroxylation is 2. The summed E-state index contributed by atoms with van der Waals surface area (Å²) < 4.78 is 64.1. The van der Waals surface area contributed by atoms with Crippen LogP contribution < -0.4 is 4.74 Å². The number of hydrogen-bond acceptors (Lipinski definition) is 13. The van der Waals surface area contributed by atoms with Gasteiger partial charge in [-0.1, -0.05) is 159 Å². The van der Waals surface area contributed by atoms with E-state index in [1.807, 2.05) is 34.0 Å². The minimum atomic E-state index is -0.635. The molecule has 0 saturated carbocycles. The quantitative estimate of drug-likeness (QED) is 0.0433. The van der Waals surface area contributed by atoms with Gasteiger partial charge in [-0.2, -0.15) is 17.5 Å². The normalized spacial score (nSPS) is 15.7. The number of rotatable bonds is 31. The lowest BCUT2D eigenvalue weighted by atomic mass is 9.78. The Balaban J connectivity index is 0.987. The minimum Gasteiger partial charge on any atom is -0.481 e. The van der Waals surface area contributed by atoms with Crippen LogP contribution in [0.1, 0.15) is 211 Å². The van der Waals surface area contributed by atoms with E-state index in [1.165, 1.54) is 151 Å². The smallest absolute Gasteiger partial charge is 0.140 e. The van der Waals surface area contributed by atoms with Crippen LogP contribution in [0.2, 0.25) is 0 Å². The minimum absolute atomic E-state index is 0.277. The summed E-state index contributed by atoms with van der Waals surface area (Å²) in [7, 11) is 0. The Labute approximate surface area is 578 Å². The summed E-state index contributed by atoms with van der Waals surface area (Å²) in [6.07, 6.45) is 23.0. The number of hydrogen-bond donors (Lipinski definition) is 0. The van der Waals surface area contributed by atoms with Crippen molar-refractivity contribution in [1.29, 1.82) is 0 Å². The first-order chi connectivity index (χ1) is 44.5. The van der Waals surface area contributed by atoms with Gasteiger partial charge in [0, 0.05) is 92.6 Å². The van der Waals surface area contributed by atoms with Gasteiger partial charge in [0.2, 0.25) is 0 Å². The Morgan fingerprint density at radius 2 is 0.989 bits per heavy atom. The van der Waals surface area contributed by atoms with Gasteiger partial charge < -0.3 is 4.74 Å². The zero-order valence-electron chi connectivity index (χ0n) is 56.1. The van der Waals surface area contributed by atoms with Crippen LogP contribution in [0.25, 0.3) is 104 Å². The molecule has 0 saturated heterocycles. The topological polar surface area (TPSA) is 60.8 Å². The first-order valence-electron chi connectivity index (χ1n) is 34.5. The molecule has 92 heavy (non-hydrogen) atoms. The van der Waals surface area contributed by atoms with Gasteiger partial charge in [-0.05, 0) is 149 Å². The van der Waals surface area contributed by atoms with Crippen LogP contribution in [0.3, 0.4) is 0 Å². The van der Waals surface area contributed by atoms with E-state index in [9.17, 15) is 0 Å². The van der Waals surface area contributed by atoms with Crippen LogP contribution in [0, 0.1) is 61.0 Å². The Morgan fingerprint density at radius 3 is 1.57 bits per heavy atom. The van der Waals surface area contributed by atoms with E-state index in [0.29, 0.717) is 63.2 Å². The van der Waals surface area contributed by atoms with Crippen molar-refractivity contribution in [3.63, 3.8) is 0 Å². The summed E-state index contributed by atoms with van der Waals surface area (Å²) in [5.74, 6) is 3.96. The molecule has 0 aliphatic carbocycles. The molecule has 0 bridgehead atoms. The van der Waals surface area contributed by atoms with E-state index in [4.69, 9.17) is 17.9 Å². The zero-order valence-corrected chi connectivity index (χ0v) is 62.6. The maximum atomic E-state index is 18.3. The molecule has 0 radical (unpaired) electrons. The van der Waals surface area contributed by atoms with Gasteiger partial charge in [0.1, 0.15) is 45.1 Å². The van der Waals surface area contributed by atoms with Gasteiger partial charge in [0.05, 0.1) is 38.8 Å². The van der Waals surface area contributed by atoms with Crippen LogP contribution in [0.15, 0.2) is 60.7 Å². The number of ether oxygens (including phenoxy) is 1. The number of nitrogens with zero attached hydrogens (tertiary/aromatic N) is 4. The maximum Gasteiger partial charge on any atom is 0.140 e. The predicted octanol–water partition coefficient (Wildman–Crippen LogP) is 27.9. The first-order valence-corrected chi connectivity index (χ1v) is 40.9. The fourth-order valence-corrected chi connectivity index (χ4v) is 22.9. The van der Waals surface area contributed by atoms with Crippen molar-refractivity contribution < 1.29 is 13.5 Å². The lowest BCUT2D eigenvalue weighted by Crippen LogP contribution is -2.36. The molecule has 4 atom stereocenters. The average molecular weight is 1380 g/mol. The van der Waals surface area contributed by atoms with E-state index in [0.717, 1.165) is 109 Å². The molecule has 4 unspecified atom stereocenters. The summed E-state index contributed by atoms with van der Waals surface area (Å²) in [5.41, 5.74) is 8.23. The maximum absolute atomic E-state index is 18.3. The first kappa shape index (κ1) is 67.7. The second-order valence-electron chi connectivity index (χ2n) is 27.9. The zero-order chi connectivity index (χ0) is 64.5. The molecule has 1 aliphatic rings. The molecule has 9 heterocycles. The fraction of sp³-hybridized carbons (Fsp3) is 0.506. The third kappa shape index (κ3) is 14.1. The molecule has 0 amide bonds. The number of benzene rings is 3. The summed E-state index contributed by atoms with van der Waals surface area (Å²) in [6, 6.07) is 22.1. The van der Waals surface area contributed by atoms with Crippen LogP contribution in [0.5, 0.6) is 5.75 Å². The molecule has 488 valence electrons. The number of unbranched alkanes of at least 4 members (excludes halogenated alkanes) is 2. The molecule has 8 aromatic heterocycles. The molecule has 3 aromatic carbocycles. The van der Waals surface area contributed by atoms with Crippen LogP contribution in [-0.2, 0) is 18.4 Å². The standard InChI is InChI=1S/C77H92F2N4OS8/c1-13-17-25-49(15-3)36-51-27-29-61(86-51)66-55-35-47(11)85-73(55)67(62-30-28-52(87-62)37-50(16-4)26-18-14-2)56-40-65(90-74(56)66)68-59(79)39-54(71-72(68)83-92-82-71)64-42-60-76(89-64)75-57(41-63(88-75)53-38-58(78)48(12)69-70(53)81-91-80-69)77(84-60,33-31-45(9)23-19-21-43(5)6)34-32-46(10)24-20-22-44(7)8/h27-30,35,38-46,49-50H,13-26,31-34,36-37H2,1-12H3. The number of fused-ring (bicyclic) bond motifs is 7. The summed E-state index contributed by atoms with van der Waals surface area (Å²) in [4.78, 5) is 11.6. The second-order valence-corrected chi connectivity index (χ2v) is 35.7. The summed E-state index contributed by atoms with van der Waals surface area (Å²) in [5, 5.41) is 2.47. The molecular weight excluding hydrogens is 1290 g/mol. The Kier molecular flexibility index (Phi) is 21.7. The molecular formula is C77H92F2N4OS8. The van der Waals surface area contributed by atoms with Crippen molar-refractivity contribution in [2.45, 2.75) is 217 Å². The Hall–Kier alpha value is -4.32. The third-order valence-electron chi connectivity index (χ3n) is 19.9. The van der Waals surface area contributed by atoms with Crippen molar-refractivity contribution in [1.82, 2.24) is 17.5 Å². The Bertz CT molecular complexity index is 4200. The predicted molar refractivity (Wildman–Crippen MR) is 403 cm³/mol. The fourth-order valence-electron chi connectivity index (χ4n) is 14.3. The van der Waals surface area contributed by atoms with Crippen molar-refractivity contribution in [2.75, 3.05) is 0 Å². The van der Waals surface area contributed by atoms with Crippen molar-refractivity contribution in [3.8, 4) is 67.7 Å². The number of aromatic nitrogens is 4. The van der Waals surface area contributed by atoms with Gasteiger partial charge in [0.25, 0.3) is 0 Å². The molecule has 0 fully saturated rings. The lowest BCUT2D eigenvalue weighted by molar-refractivity contribution is 0.0324. The molecule has 1 aliphatic heterocycles. The average Bonchev–Trinajstić information content (AvgIpc) is 1.56. The van der Waals surface area contributed by atoms with Crippen LogP contribution in [0.4, 0.5) is 8.78 Å². The Morgan fingerprint density at radius 1 is 0.467 bits per heavy atom. The van der Waals surface area contributed by atoms with E-state index in [1.54, 1.807) is 53.1 Å². The van der Waals surface area contributed by atoms with E-state index >= 15 is 8.78 Å². The molecule has 0 spiro atoms. The highest BCUT2D eigenvalue weighted by Gasteiger charge is 2.44. The van der Waals surface area contributed by atoms with Crippen LogP contribution in [-0.4, -0.2) is 17.5 Å². The SMILES string of the molecule is CCCCC(CC)Cc1ccc(-c2c3cc(-c4c(F)cc(-c5cc6c(s5)-c5sc(-c7cc(F)c(C)c8nsnc78)cc5C(CCC(C)CCCC(C)C)(CCC(C)CCCC(C)C)O6)c5nsnc45)sc3c(-c3ccc(CC(CC)CCCC)s3)c3cc(C)sc23)s1. The van der Waals surface area contributed by atoms with Crippen molar-refractivity contribution in [3.05, 3.63) is 98.1 Å². The lowest BCUT2D eigenvalue weighted by Gasteiger charge is -2.39. The number of halogens is 2. The molecule has 0 N–H and O–H groups in total. The van der Waals surface area contributed by atoms with Gasteiger partial charge in [0.15, 0.2) is 0 Å². The van der Waals surface area contributed by atoms with E-state index < -0.39 is 5.60 Å². The van der Waals surface area contributed by atoms with Gasteiger partial charge in [-0.25, -0.2) is 8.78 Å². The monoisotopic (exact) mass is 1380 g/mol. The van der Waals surface area contributed by atoms with E-state index in [2.05, 4.69) is 129 Å². The highest BCUT2D eigenvalue weighted by molar-refractivity contribution is 7.26. The van der Waals surface area contributed by atoms with Crippen molar-refractivity contribution >= 4 is 134 Å². The van der Waals surface area contributed by atoms with Gasteiger partial charge in [-0.15, -0.1) is 68.0 Å². The van der Waals surface area contributed by atoms with Gasteiger partial charge in [-0.3, -0.25) is 0 Å². The number of thiophene rings is 6. The molecule has 5 nitrogen and oxygen atoms in total. The van der Waals surface area contributed by atoms with Gasteiger partial charge >= 0.3 is 0 Å². The molecule has 15 heteroatoms. The third-order valence-corrected chi connectivity index (χ3v) is 28.0. The second kappa shape index (κ2) is 29.6. The summed E-state index contributed by atoms with van der Waals surface area (Å²) in [6.45, 7) is 27.5. The summed E-state index contributed by atoms with van der Waals surface area (Å²) >= 11 is 13.2. The highest BCUT2D eigenvalue weighted by atomic mass is 32.1. The van der Waals surface area contributed by atoms with Crippen molar-refractivity contribution in [2.24, 2.45) is 35.5 Å². The molecule has 12 rings (SSSR count). The largest absolute Gasteiger partial charge is 0.481 e. The molecule has 11 aromatic rings.